The lowest BCUT2D eigenvalue weighted by molar-refractivity contribution is 0.0516. The number of nitrogens with zero attached hydrogens (tertiary/aromatic N) is 3. The molecule has 0 radical (unpaired) electrons. The summed E-state index contributed by atoms with van der Waals surface area (Å²) < 4.78 is 4.92. The van der Waals surface area contributed by atoms with Crippen molar-refractivity contribution in [3.8, 4) is 0 Å². The molecule has 2 heterocycles. The maximum atomic E-state index is 12.1. The van der Waals surface area contributed by atoms with Crippen molar-refractivity contribution in [2.24, 2.45) is 0 Å². The van der Waals surface area contributed by atoms with Gasteiger partial charge in [-0.1, -0.05) is 12.1 Å². The van der Waals surface area contributed by atoms with Gasteiger partial charge in [0.2, 0.25) is 0 Å². The van der Waals surface area contributed by atoms with Crippen LogP contribution in [0.1, 0.15) is 29.6 Å². The van der Waals surface area contributed by atoms with E-state index in [1.165, 1.54) is 0 Å². The first-order chi connectivity index (χ1) is 9.10. The van der Waals surface area contributed by atoms with Gasteiger partial charge in [-0.2, -0.15) is 0 Å². The Kier molecular flexibility index (Phi) is 4.55. The van der Waals surface area contributed by atoms with E-state index in [0.717, 1.165) is 19.5 Å². The van der Waals surface area contributed by atoms with E-state index in [1.54, 1.807) is 17.9 Å². The number of rotatable bonds is 4. The van der Waals surface area contributed by atoms with Crippen molar-refractivity contribution in [1.82, 2.24) is 15.0 Å². The molecule has 0 bridgehead atoms. The third-order valence-corrected chi connectivity index (χ3v) is 3.45. The Hall–Kier alpha value is -1.40. The van der Waals surface area contributed by atoms with Crippen LogP contribution in [-0.4, -0.2) is 64.8 Å². The summed E-state index contributed by atoms with van der Waals surface area (Å²) in [4.78, 5) is 16.1. The summed E-state index contributed by atoms with van der Waals surface area (Å²) in [5, 5.41) is 13.4. The van der Waals surface area contributed by atoms with Gasteiger partial charge in [0.25, 0.3) is 5.91 Å². The van der Waals surface area contributed by atoms with Crippen LogP contribution in [0.5, 0.6) is 0 Å². The summed E-state index contributed by atoms with van der Waals surface area (Å²) >= 11 is 0. The molecule has 19 heavy (non-hydrogen) atoms. The number of aromatic nitrogens is 1. The Bertz CT molecular complexity index is 425. The number of carbonyl (C=O) groups excluding carboxylic acids is 1. The number of hydrogen-bond donors (Lipinski definition) is 1. The fourth-order valence-corrected chi connectivity index (χ4v) is 2.19. The predicted octanol–water partition coefficient (Wildman–Crippen LogP) is 0.512. The molecule has 1 aliphatic rings. The summed E-state index contributed by atoms with van der Waals surface area (Å²) in [5.41, 5.74) is 0.375. The standard InChI is InChI=1S/C13H21N3O3/c1-3-11(17)9-15-4-6-16(7-5-15)13(18)12-8-10(2)19-14-12/h8,11,17H,3-7,9H2,1-2H3/t11-/m0/s1. The van der Waals surface area contributed by atoms with Crippen LogP contribution in [0.15, 0.2) is 10.6 Å². The molecule has 0 aliphatic carbocycles. The first kappa shape index (κ1) is 14.0. The van der Waals surface area contributed by atoms with E-state index in [-0.39, 0.29) is 12.0 Å². The fourth-order valence-electron chi connectivity index (χ4n) is 2.19. The number of aliphatic hydroxyl groups is 1. The molecular weight excluding hydrogens is 246 g/mol. The Morgan fingerprint density at radius 3 is 2.68 bits per heavy atom. The summed E-state index contributed by atoms with van der Waals surface area (Å²) in [7, 11) is 0. The zero-order valence-corrected chi connectivity index (χ0v) is 11.5. The number of β-amino-alcohol motifs (C(OH)–C–C–N with tert-alkyl or cyclic N) is 1. The highest BCUT2D eigenvalue weighted by Gasteiger charge is 2.24. The molecule has 2 rings (SSSR count). The molecule has 1 saturated heterocycles. The van der Waals surface area contributed by atoms with E-state index in [1.807, 2.05) is 6.92 Å². The minimum Gasteiger partial charge on any atom is -0.392 e. The van der Waals surface area contributed by atoms with Gasteiger partial charge in [-0.3, -0.25) is 9.69 Å². The molecule has 106 valence electrons. The van der Waals surface area contributed by atoms with Crippen LogP contribution in [0, 0.1) is 6.92 Å². The van der Waals surface area contributed by atoms with E-state index in [9.17, 15) is 9.90 Å². The summed E-state index contributed by atoms with van der Waals surface area (Å²) in [5.74, 6) is 0.570. The van der Waals surface area contributed by atoms with E-state index in [4.69, 9.17) is 4.52 Å². The summed E-state index contributed by atoms with van der Waals surface area (Å²) in [6.07, 6.45) is 0.484. The maximum absolute atomic E-state index is 12.1. The molecule has 0 unspecified atom stereocenters. The lowest BCUT2D eigenvalue weighted by Crippen LogP contribution is -2.50. The first-order valence-electron chi connectivity index (χ1n) is 6.73. The van der Waals surface area contributed by atoms with E-state index in [0.29, 0.717) is 31.1 Å². The van der Waals surface area contributed by atoms with Crippen LogP contribution in [0.4, 0.5) is 0 Å². The number of amides is 1. The lowest BCUT2D eigenvalue weighted by atomic mass is 10.2. The van der Waals surface area contributed by atoms with Crippen molar-refractivity contribution < 1.29 is 14.4 Å². The average Bonchev–Trinajstić information content (AvgIpc) is 2.85. The highest BCUT2D eigenvalue weighted by molar-refractivity contribution is 5.92. The van der Waals surface area contributed by atoms with Gasteiger partial charge in [-0.05, 0) is 13.3 Å². The molecule has 1 fully saturated rings. The van der Waals surface area contributed by atoms with Crippen LogP contribution in [0.25, 0.3) is 0 Å². The van der Waals surface area contributed by atoms with Crippen molar-refractivity contribution in [3.63, 3.8) is 0 Å². The molecule has 1 amide bonds. The topological polar surface area (TPSA) is 69.8 Å². The molecular formula is C13H21N3O3. The SMILES string of the molecule is CC[C@H](O)CN1CCN(C(=O)c2cc(C)on2)CC1. The molecule has 6 heteroatoms. The van der Waals surface area contributed by atoms with E-state index < -0.39 is 0 Å². The van der Waals surface area contributed by atoms with Crippen LogP contribution in [-0.2, 0) is 0 Å². The molecule has 1 aromatic rings. The largest absolute Gasteiger partial charge is 0.392 e. The van der Waals surface area contributed by atoms with Crippen LogP contribution < -0.4 is 0 Å². The molecule has 1 N–H and O–H groups in total. The third-order valence-electron chi connectivity index (χ3n) is 3.45. The Morgan fingerprint density at radius 2 is 2.16 bits per heavy atom. The molecule has 0 saturated carbocycles. The highest BCUT2D eigenvalue weighted by atomic mass is 16.5. The molecule has 1 aliphatic heterocycles. The predicted molar refractivity (Wildman–Crippen MR) is 69.9 cm³/mol. The summed E-state index contributed by atoms with van der Waals surface area (Å²) in [6.45, 7) is 7.34. The van der Waals surface area contributed by atoms with Crippen LogP contribution >= 0.6 is 0 Å². The van der Waals surface area contributed by atoms with Crippen molar-refractivity contribution >= 4 is 5.91 Å². The normalized spacial score (nSPS) is 18.6. The van der Waals surface area contributed by atoms with Crippen molar-refractivity contribution in [1.29, 1.82) is 0 Å². The van der Waals surface area contributed by atoms with Gasteiger partial charge in [-0.25, -0.2) is 0 Å². The van der Waals surface area contributed by atoms with E-state index in [2.05, 4.69) is 10.1 Å². The van der Waals surface area contributed by atoms with E-state index >= 15 is 0 Å². The molecule has 1 atom stereocenters. The Balaban J connectivity index is 1.84. The molecule has 0 spiro atoms. The number of aliphatic hydroxyl groups excluding tert-OH is 1. The Morgan fingerprint density at radius 1 is 1.47 bits per heavy atom. The number of aryl methyl sites for hydroxylation is 1. The lowest BCUT2D eigenvalue weighted by Gasteiger charge is -2.35. The van der Waals surface area contributed by atoms with Crippen molar-refractivity contribution in [3.05, 3.63) is 17.5 Å². The van der Waals surface area contributed by atoms with Gasteiger partial charge in [0.1, 0.15) is 5.76 Å². The van der Waals surface area contributed by atoms with Crippen molar-refractivity contribution in [2.45, 2.75) is 26.4 Å². The second-order valence-corrected chi connectivity index (χ2v) is 4.98. The smallest absolute Gasteiger partial charge is 0.276 e. The maximum Gasteiger partial charge on any atom is 0.276 e. The first-order valence-corrected chi connectivity index (χ1v) is 6.73. The second-order valence-electron chi connectivity index (χ2n) is 4.98. The zero-order chi connectivity index (χ0) is 13.8. The molecule has 0 aromatic carbocycles. The summed E-state index contributed by atoms with van der Waals surface area (Å²) in [6, 6.07) is 1.66. The van der Waals surface area contributed by atoms with Gasteiger partial charge in [0, 0.05) is 38.8 Å². The monoisotopic (exact) mass is 267 g/mol. The molecule has 1 aromatic heterocycles. The fraction of sp³-hybridized carbons (Fsp3) is 0.692. The van der Waals surface area contributed by atoms with Gasteiger partial charge in [-0.15, -0.1) is 0 Å². The minimum absolute atomic E-state index is 0.0764. The number of carbonyl (C=O) groups is 1. The van der Waals surface area contributed by atoms with Gasteiger partial charge < -0.3 is 14.5 Å². The second kappa shape index (κ2) is 6.16. The number of hydrogen-bond acceptors (Lipinski definition) is 5. The average molecular weight is 267 g/mol. The third kappa shape index (κ3) is 3.54. The van der Waals surface area contributed by atoms with Crippen LogP contribution in [0.2, 0.25) is 0 Å². The van der Waals surface area contributed by atoms with Gasteiger partial charge in [0.15, 0.2) is 5.69 Å². The van der Waals surface area contributed by atoms with Crippen LogP contribution in [0.3, 0.4) is 0 Å². The van der Waals surface area contributed by atoms with Crippen molar-refractivity contribution in [2.75, 3.05) is 32.7 Å². The number of piperazine rings is 1. The quantitative estimate of drug-likeness (QED) is 0.861. The minimum atomic E-state index is -0.277. The molecule has 6 nitrogen and oxygen atoms in total. The highest BCUT2D eigenvalue weighted by Crippen LogP contribution is 2.10. The van der Waals surface area contributed by atoms with Gasteiger partial charge >= 0.3 is 0 Å². The van der Waals surface area contributed by atoms with Gasteiger partial charge in [0.05, 0.1) is 6.10 Å². The Labute approximate surface area is 113 Å². The zero-order valence-electron chi connectivity index (χ0n) is 11.5.